The molecule has 1 aliphatic heterocycles. The molecule has 0 bridgehead atoms. The normalized spacial score (nSPS) is 19.7. The van der Waals surface area contributed by atoms with Crippen LogP contribution in [0.2, 0.25) is 0 Å². The number of carbonyl (C=O) groups is 1. The number of amides is 2. The van der Waals surface area contributed by atoms with Crippen molar-refractivity contribution in [3.8, 4) is 0 Å². The molecule has 1 saturated heterocycles. The predicted octanol–water partition coefficient (Wildman–Crippen LogP) is 5.44. The van der Waals surface area contributed by atoms with E-state index in [2.05, 4.69) is 5.32 Å². The molecule has 1 N–H and O–H groups in total. The fraction of sp³-hybridized carbons (Fsp3) is 0.409. The number of likely N-dealkylation sites (tertiary alicyclic amines) is 1. The van der Waals surface area contributed by atoms with Crippen LogP contribution in [0.1, 0.15) is 34.6 Å². The Morgan fingerprint density at radius 1 is 1.03 bits per heavy atom. The first-order chi connectivity index (χ1) is 15.0. The number of hydrogen-bond acceptors (Lipinski definition) is 2. The summed E-state index contributed by atoms with van der Waals surface area (Å²) in [6, 6.07) is 10.3. The first-order valence-electron chi connectivity index (χ1n) is 9.90. The summed E-state index contributed by atoms with van der Waals surface area (Å²) < 4.78 is 84.5. The van der Waals surface area contributed by atoms with Crippen LogP contribution < -0.4 is 5.32 Å². The van der Waals surface area contributed by atoms with E-state index in [0.29, 0.717) is 31.6 Å². The molecule has 0 saturated carbocycles. The summed E-state index contributed by atoms with van der Waals surface area (Å²) in [4.78, 5) is 13.7. The van der Waals surface area contributed by atoms with Gasteiger partial charge in [0.2, 0.25) is 0 Å². The van der Waals surface area contributed by atoms with Crippen molar-refractivity contribution in [3.63, 3.8) is 0 Å². The predicted molar refractivity (Wildman–Crippen MR) is 105 cm³/mol. The highest BCUT2D eigenvalue weighted by Crippen LogP contribution is 2.37. The maximum atomic E-state index is 13.1. The summed E-state index contributed by atoms with van der Waals surface area (Å²) in [6.07, 6.45) is -9.93. The van der Waals surface area contributed by atoms with Gasteiger partial charge in [-0.3, -0.25) is 0 Å². The summed E-state index contributed by atoms with van der Waals surface area (Å²) in [6.45, 7) is 0.246. The number of benzene rings is 2. The van der Waals surface area contributed by atoms with Gasteiger partial charge in [-0.25, -0.2) is 4.79 Å². The van der Waals surface area contributed by atoms with E-state index >= 15 is 0 Å². The van der Waals surface area contributed by atoms with Crippen molar-refractivity contribution in [2.24, 2.45) is 0 Å². The minimum Gasteiger partial charge on any atom is -0.373 e. The molecule has 32 heavy (non-hydrogen) atoms. The van der Waals surface area contributed by atoms with Crippen LogP contribution >= 0.6 is 0 Å². The highest BCUT2D eigenvalue weighted by atomic mass is 19.4. The summed E-state index contributed by atoms with van der Waals surface area (Å²) in [5.41, 5.74) is -2.10. The maximum Gasteiger partial charge on any atom is 0.416 e. The van der Waals surface area contributed by atoms with Gasteiger partial charge in [-0.05, 0) is 35.7 Å². The first kappa shape index (κ1) is 23.9. The molecule has 1 heterocycles. The van der Waals surface area contributed by atoms with E-state index in [1.807, 2.05) is 30.3 Å². The Morgan fingerprint density at radius 2 is 1.62 bits per heavy atom. The van der Waals surface area contributed by atoms with Crippen LogP contribution in [0.15, 0.2) is 48.5 Å². The second-order valence-electron chi connectivity index (χ2n) is 7.57. The lowest BCUT2D eigenvalue weighted by Crippen LogP contribution is -2.48. The monoisotopic (exact) mass is 460 g/mol. The van der Waals surface area contributed by atoms with Gasteiger partial charge < -0.3 is 15.0 Å². The molecule has 0 radical (unpaired) electrons. The molecule has 3 rings (SSSR count). The molecule has 2 amide bonds. The number of urea groups is 1. The molecule has 1 fully saturated rings. The Balaban J connectivity index is 1.83. The van der Waals surface area contributed by atoms with Crippen LogP contribution in [0.25, 0.3) is 0 Å². The van der Waals surface area contributed by atoms with Crippen LogP contribution in [0, 0.1) is 0 Å². The zero-order valence-electron chi connectivity index (χ0n) is 17.1. The molecular weight excluding hydrogens is 438 g/mol. The molecule has 0 aromatic heterocycles. The molecule has 1 aliphatic rings. The van der Waals surface area contributed by atoms with Crippen molar-refractivity contribution in [1.29, 1.82) is 0 Å². The van der Waals surface area contributed by atoms with Crippen molar-refractivity contribution < 1.29 is 35.9 Å². The van der Waals surface area contributed by atoms with E-state index in [9.17, 15) is 31.1 Å². The Bertz CT molecular complexity index is 898. The fourth-order valence-electron chi connectivity index (χ4n) is 3.80. The number of carbonyl (C=O) groups excluding carboxylic acids is 1. The van der Waals surface area contributed by atoms with Gasteiger partial charge in [0.05, 0.1) is 23.8 Å². The number of hydrogen-bond donors (Lipinski definition) is 1. The first-order valence-corrected chi connectivity index (χ1v) is 9.90. The standard InChI is InChI=1S/C22H22F6N2O2/c1-29-20(31)30-8-7-19(18(12-30)15-5-3-2-4-6-15)32-13-14-9-16(21(23,24)25)11-17(10-14)22(26,27)28/h2-6,9-11,18-19H,7-8,12-13H2,1H3,(H,29,31)/t18-,19+/m0/s1. The third-order valence-electron chi connectivity index (χ3n) is 5.39. The molecule has 2 aromatic rings. The molecule has 174 valence electrons. The number of halogens is 6. The number of nitrogens with zero attached hydrogens (tertiary/aromatic N) is 1. The molecule has 10 heteroatoms. The van der Waals surface area contributed by atoms with Gasteiger partial charge in [0.25, 0.3) is 0 Å². The van der Waals surface area contributed by atoms with Crippen molar-refractivity contribution in [3.05, 3.63) is 70.8 Å². The molecule has 0 spiro atoms. The van der Waals surface area contributed by atoms with Crippen LogP contribution in [-0.2, 0) is 23.7 Å². The summed E-state index contributed by atoms with van der Waals surface area (Å²) >= 11 is 0. The van der Waals surface area contributed by atoms with Crippen LogP contribution in [0.3, 0.4) is 0 Å². The van der Waals surface area contributed by atoms with E-state index in [4.69, 9.17) is 4.74 Å². The topological polar surface area (TPSA) is 41.6 Å². The van der Waals surface area contributed by atoms with Gasteiger partial charge in [-0.1, -0.05) is 30.3 Å². The van der Waals surface area contributed by atoms with Gasteiger partial charge in [-0.15, -0.1) is 0 Å². The average molecular weight is 460 g/mol. The van der Waals surface area contributed by atoms with Gasteiger partial charge >= 0.3 is 18.4 Å². The molecule has 2 aromatic carbocycles. The molecule has 2 atom stereocenters. The maximum absolute atomic E-state index is 13.1. The molecule has 4 nitrogen and oxygen atoms in total. The van der Waals surface area contributed by atoms with Crippen LogP contribution in [0.5, 0.6) is 0 Å². The van der Waals surface area contributed by atoms with Crippen molar-refractivity contribution in [2.75, 3.05) is 20.1 Å². The molecule has 0 unspecified atom stereocenters. The minimum atomic E-state index is -4.92. The molecule has 0 aliphatic carbocycles. The van der Waals surface area contributed by atoms with Crippen molar-refractivity contribution >= 4 is 6.03 Å². The Labute approximate surface area is 181 Å². The number of ether oxygens (including phenoxy) is 1. The highest BCUT2D eigenvalue weighted by Gasteiger charge is 2.37. The van der Waals surface area contributed by atoms with E-state index < -0.39 is 36.2 Å². The largest absolute Gasteiger partial charge is 0.416 e. The second kappa shape index (κ2) is 9.40. The highest BCUT2D eigenvalue weighted by molar-refractivity contribution is 5.74. The number of rotatable bonds is 4. The van der Waals surface area contributed by atoms with Crippen LogP contribution in [-0.4, -0.2) is 37.2 Å². The van der Waals surface area contributed by atoms with Crippen molar-refractivity contribution in [1.82, 2.24) is 10.2 Å². The van der Waals surface area contributed by atoms with E-state index in [-0.39, 0.29) is 23.6 Å². The molecular formula is C22H22F6N2O2. The van der Waals surface area contributed by atoms with E-state index in [1.165, 1.54) is 7.05 Å². The van der Waals surface area contributed by atoms with Gasteiger partial charge in [0.1, 0.15) is 0 Å². The van der Waals surface area contributed by atoms with Crippen LogP contribution in [0.4, 0.5) is 31.1 Å². The third kappa shape index (κ3) is 5.73. The lowest BCUT2D eigenvalue weighted by atomic mass is 9.88. The quantitative estimate of drug-likeness (QED) is 0.618. The second-order valence-corrected chi connectivity index (χ2v) is 7.57. The Morgan fingerprint density at radius 3 is 2.16 bits per heavy atom. The number of piperidine rings is 1. The fourth-order valence-corrected chi connectivity index (χ4v) is 3.80. The number of nitrogens with one attached hydrogen (secondary N) is 1. The summed E-state index contributed by atoms with van der Waals surface area (Å²) in [5, 5.41) is 2.55. The number of alkyl halides is 6. The average Bonchev–Trinajstić information content (AvgIpc) is 2.76. The zero-order chi connectivity index (χ0) is 23.5. The smallest absolute Gasteiger partial charge is 0.373 e. The van der Waals surface area contributed by atoms with Gasteiger partial charge in [0, 0.05) is 26.1 Å². The lowest BCUT2D eigenvalue weighted by molar-refractivity contribution is -0.143. The SMILES string of the molecule is CNC(=O)N1CC[C@@H](OCc2cc(C(F)(F)F)cc(C(F)(F)F)c2)[C@H](c2ccccc2)C1. The Hall–Kier alpha value is -2.75. The lowest BCUT2D eigenvalue weighted by Gasteiger charge is -2.38. The summed E-state index contributed by atoms with van der Waals surface area (Å²) in [7, 11) is 1.51. The van der Waals surface area contributed by atoms with Gasteiger partial charge in [0.15, 0.2) is 0 Å². The zero-order valence-corrected chi connectivity index (χ0v) is 17.1. The summed E-state index contributed by atoms with van der Waals surface area (Å²) in [5.74, 6) is -0.282. The minimum absolute atomic E-state index is 0.0954. The van der Waals surface area contributed by atoms with Crippen molar-refractivity contribution in [2.45, 2.75) is 37.4 Å². The van der Waals surface area contributed by atoms with E-state index in [1.54, 1.807) is 4.90 Å². The third-order valence-corrected chi connectivity index (χ3v) is 5.39. The Kier molecular flexibility index (Phi) is 7.02. The van der Waals surface area contributed by atoms with E-state index in [0.717, 1.165) is 5.56 Å². The van der Waals surface area contributed by atoms with Gasteiger partial charge in [-0.2, -0.15) is 26.3 Å².